The summed E-state index contributed by atoms with van der Waals surface area (Å²) in [7, 11) is 0. The van der Waals surface area contributed by atoms with E-state index in [1.807, 2.05) is 44.2 Å². The minimum atomic E-state index is -1.12. The van der Waals surface area contributed by atoms with Gasteiger partial charge >= 0.3 is 0 Å². The number of carbonyl (C=O) groups excluding carboxylic acids is 2. The van der Waals surface area contributed by atoms with Crippen LogP contribution in [-0.2, 0) is 13.0 Å². The number of carbonyl (C=O) groups is 2. The smallest absolute Gasteiger partial charge is 0.254 e. The molecule has 0 saturated heterocycles. The molecule has 0 radical (unpaired) electrons. The Labute approximate surface area is 233 Å². The number of aliphatic hydroxyl groups is 1. The van der Waals surface area contributed by atoms with Crippen LogP contribution in [0.3, 0.4) is 0 Å². The molecule has 2 atom stereocenters. The molecule has 3 rings (SSSR count). The zero-order valence-electron chi connectivity index (χ0n) is 22.9. The van der Waals surface area contributed by atoms with Crippen molar-refractivity contribution in [3.8, 4) is 5.75 Å². The summed E-state index contributed by atoms with van der Waals surface area (Å²) < 4.78 is 27.7. The molecule has 4 N–H and O–H groups in total. The zero-order chi connectivity index (χ0) is 29.1. The predicted molar refractivity (Wildman–Crippen MR) is 150 cm³/mol. The molecule has 214 valence electrons. The van der Waals surface area contributed by atoms with Gasteiger partial charge < -0.3 is 25.7 Å². The van der Waals surface area contributed by atoms with Gasteiger partial charge in [-0.25, -0.2) is 8.78 Å². The topological polar surface area (TPSA) is 102 Å². The van der Waals surface area contributed by atoms with E-state index in [1.165, 1.54) is 18.2 Å². The number of nitrogens with one attached hydrogen (secondary N) is 2. The lowest BCUT2D eigenvalue weighted by Gasteiger charge is -2.25. The van der Waals surface area contributed by atoms with Gasteiger partial charge in [0.25, 0.3) is 11.8 Å². The second-order valence-electron chi connectivity index (χ2n) is 9.81. The van der Waals surface area contributed by atoms with Crippen LogP contribution in [0, 0.1) is 11.6 Å². The molecule has 0 aliphatic heterocycles. The minimum absolute atomic E-state index is 0.0242. The van der Waals surface area contributed by atoms with Crippen molar-refractivity contribution < 1.29 is 28.6 Å². The number of benzene rings is 3. The molecule has 0 aliphatic rings. The number of hydrogen-bond acceptors (Lipinski definition) is 5. The summed E-state index contributed by atoms with van der Waals surface area (Å²) >= 11 is 0. The van der Waals surface area contributed by atoms with Gasteiger partial charge in [-0.05, 0) is 60.7 Å². The predicted octanol–water partition coefficient (Wildman–Crippen LogP) is 4.42. The highest BCUT2D eigenvalue weighted by Crippen LogP contribution is 2.19. The van der Waals surface area contributed by atoms with Gasteiger partial charge in [0.05, 0.1) is 12.1 Å². The third kappa shape index (κ3) is 9.14. The lowest BCUT2D eigenvalue weighted by Crippen LogP contribution is -2.48. The van der Waals surface area contributed by atoms with Crippen molar-refractivity contribution in [2.24, 2.45) is 0 Å². The SMILES string of the molecule is CCCN(CCC)C(=O)c1cc(O)cc(C(=O)N[C@@H](Cc2cc(F)cc(F)c2)[C@H](O)CNCc2ccccc2)c1. The maximum absolute atomic E-state index is 13.9. The average molecular weight is 554 g/mol. The number of aromatic hydroxyl groups is 1. The van der Waals surface area contributed by atoms with Crippen molar-refractivity contribution in [1.82, 2.24) is 15.5 Å². The molecule has 0 saturated carbocycles. The molecule has 0 unspecified atom stereocenters. The van der Waals surface area contributed by atoms with Crippen molar-refractivity contribution in [3.05, 3.63) is 101 Å². The van der Waals surface area contributed by atoms with Crippen LogP contribution in [0.25, 0.3) is 0 Å². The molecule has 0 aromatic heterocycles. The van der Waals surface area contributed by atoms with E-state index in [0.29, 0.717) is 19.6 Å². The summed E-state index contributed by atoms with van der Waals surface area (Å²) in [6.07, 6.45) is 0.342. The standard InChI is InChI=1S/C31H37F2N3O4/c1-3-10-36(11-4-2)31(40)24-15-23(16-27(37)17-24)30(39)35-28(14-22-12-25(32)18-26(33)13-22)29(38)20-34-19-21-8-6-5-7-9-21/h5-9,12-13,15-18,28-29,34,37-38H,3-4,10-11,14,19-20H2,1-2H3,(H,35,39)/t28-,29+/m0/s1. The Morgan fingerprint density at radius 2 is 1.50 bits per heavy atom. The quantitative estimate of drug-likeness (QED) is 0.237. The minimum Gasteiger partial charge on any atom is -0.508 e. The van der Waals surface area contributed by atoms with E-state index in [-0.39, 0.29) is 41.3 Å². The monoisotopic (exact) mass is 553 g/mol. The lowest BCUT2D eigenvalue weighted by molar-refractivity contribution is 0.0755. The van der Waals surface area contributed by atoms with Crippen LogP contribution in [0.15, 0.2) is 66.7 Å². The van der Waals surface area contributed by atoms with E-state index in [0.717, 1.165) is 36.6 Å². The van der Waals surface area contributed by atoms with E-state index in [9.17, 15) is 28.6 Å². The van der Waals surface area contributed by atoms with Crippen LogP contribution in [-0.4, -0.2) is 58.7 Å². The third-order valence-corrected chi connectivity index (χ3v) is 6.39. The summed E-state index contributed by atoms with van der Waals surface area (Å²) in [5.74, 6) is -2.73. The Balaban J connectivity index is 1.80. The van der Waals surface area contributed by atoms with Crippen molar-refractivity contribution in [2.45, 2.75) is 51.8 Å². The van der Waals surface area contributed by atoms with Crippen LogP contribution in [0.5, 0.6) is 5.75 Å². The Bertz CT molecular complexity index is 1250. The molecule has 0 spiro atoms. The maximum atomic E-state index is 13.9. The molecule has 2 amide bonds. The molecule has 3 aromatic rings. The van der Waals surface area contributed by atoms with Gasteiger partial charge in [-0.15, -0.1) is 0 Å². The zero-order valence-corrected chi connectivity index (χ0v) is 22.9. The second kappa shape index (κ2) is 15.1. The number of rotatable bonds is 14. The van der Waals surface area contributed by atoms with Crippen LogP contribution >= 0.6 is 0 Å². The van der Waals surface area contributed by atoms with Gasteiger partial charge in [0, 0.05) is 43.4 Å². The number of aliphatic hydroxyl groups excluding tert-OH is 1. The van der Waals surface area contributed by atoms with E-state index in [1.54, 1.807) is 4.90 Å². The van der Waals surface area contributed by atoms with E-state index < -0.39 is 29.7 Å². The normalized spacial score (nSPS) is 12.5. The van der Waals surface area contributed by atoms with Gasteiger partial charge in [0.15, 0.2) is 0 Å². The number of phenolic OH excluding ortho intramolecular Hbond substituents is 1. The molecular weight excluding hydrogens is 516 g/mol. The van der Waals surface area contributed by atoms with E-state index in [4.69, 9.17) is 0 Å². The lowest BCUT2D eigenvalue weighted by atomic mass is 9.99. The Morgan fingerprint density at radius 3 is 2.12 bits per heavy atom. The third-order valence-electron chi connectivity index (χ3n) is 6.39. The highest BCUT2D eigenvalue weighted by atomic mass is 19.1. The van der Waals surface area contributed by atoms with E-state index in [2.05, 4.69) is 10.6 Å². The number of amides is 2. The van der Waals surface area contributed by atoms with Crippen LogP contribution in [0.2, 0.25) is 0 Å². The summed E-state index contributed by atoms with van der Waals surface area (Å²) in [5.41, 5.74) is 1.45. The molecule has 9 heteroatoms. The van der Waals surface area contributed by atoms with Crippen LogP contribution in [0.4, 0.5) is 8.78 Å². The summed E-state index contributed by atoms with van der Waals surface area (Å²) in [6.45, 7) is 5.56. The van der Waals surface area contributed by atoms with Gasteiger partial charge in [0.2, 0.25) is 0 Å². The molecule has 0 heterocycles. The Morgan fingerprint density at radius 1 is 0.875 bits per heavy atom. The van der Waals surface area contributed by atoms with Crippen LogP contribution in [0.1, 0.15) is 58.5 Å². The summed E-state index contributed by atoms with van der Waals surface area (Å²) in [5, 5.41) is 27.2. The number of phenols is 1. The van der Waals surface area contributed by atoms with Crippen molar-refractivity contribution in [1.29, 1.82) is 0 Å². The fraction of sp³-hybridized carbons (Fsp3) is 0.355. The number of halogens is 2. The second-order valence-corrected chi connectivity index (χ2v) is 9.81. The molecule has 7 nitrogen and oxygen atoms in total. The largest absolute Gasteiger partial charge is 0.508 e. The highest BCUT2D eigenvalue weighted by molar-refractivity contribution is 6.00. The number of hydrogen-bond donors (Lipinski definition) is 4. The maximum Gasteiger partial charge on any atom is 0.254 e. The fourth-order valence-corrected chi connectivity index (χ4v) is 4.52. The summed E-state index contributed by atoms with van der Waals surface area (Å²) in [4.78, 5) is 28.1. The average Bonchev–Trinajstić information content (AvgIpc) is 2.91. The van der Waals surface area contributed by atoms with Gasteiger partial charge in [-0.2, -0.15) is 0 Å². The molecule has 40 heavy (non-hydrogen) atoms. The molecule has 0 aliphatic carbocycles. The summed E-state index contributed by atoms with van der Waals surface area (Å²) in [6, 6.07) is 15.6. The Kier molecular flexibility index (Phi) is 11.6. The van der Waals surface area contributed by atoms with Crippen molar-refractivity contribution in [2.75, 3.05) is 19.6 Å². The first kappa shape index (κ1) is 30.7. The molecular formula is C31H37F2N3O4. The van der Waals surface area contributed by atoms with Crippen molar-refractivity contribution in [3.63, 3.8) is 0 Å². The van der Waals surface area contributed by atoms with E-state index >= 15 is 0 Å². The van der Waals surface area contributed by atoms with Gasteiger partial charge in [-0.3, -0.25) is 9.59 Å². The first-order chi connectivity index (χ1) is 19.2. The van der Waals surface area contributed by atoms with Crippen molar-refractivity contribution >= 4 is 11.8 Å². The molecule has 3 aromatic carbocycles. The van der Waals surface area contributed by atoms with Gasteiger partial charge in [0.1, 0.15) is 17.4 Å². The molecule has 0 bridgehead atoms. The number of nitrogens with zero attached hydrogens (tertiary/aromatic N) is 1. The highest BCUT2D eigenvalue weighted by Gasteiger charge is 2.24. The molecule has 0 fully saturated rings. The fourth-order valence-electron chi connectivity index (χ4n) is 4.52. The first-order valence-electron chi connectivity index (χ1n) is 13.5. The van der Waals surface area contributed by atoms with Crippen LogP contribution < -0.4 is 10.6 Å². The Hall–Kier alpha value is -3.82. The first-order valence-corrected chi connectivity index (χ1v) is 13.5. The van der Waals surface area contributed by atoms with Gasteiger partial charge in [-0.1, -0.05) is 44.2 Å².